The molecule has 7 heteroatoms. The minimum Gasteiger partial charge on any atom is -0.386 e. The molecule has 0 spiro atoms. The van der Waals surface area contributed by atoms with Gasteiger partial charge in [-0.25, -0.2) is 0 Å². The molecule has 0 aromatic heterocycles. The summed E-state index contributed by atoms with van der Waals surface area (Å²) < 4.78 is 5.92. The molecular weight excluding hydrogens is 513 g/mol. The van der Waals surface area contributed by atoms with Crippen LogP contribution in [0.15, 0.2) is 59.6 Å². The van der Waals surface area contributed by atoms with E-state index in [2.05, 4.69) is 34.3 Å². The fourth-order valence-corrected chi connectivity index (χ4v) is 3.59. The van der Waals surface area contributed by atoms with Crippen molar-refractivity contribution in [3.8, 4) is 0 Å². The number of halogens is 2. The lowest BCUT2D eigenvalue weighted by Gasteiger charge is -2.22. The predicted molar refractivity (Wildman–Crippen MR) is 134 cm³/mol. The van der Waals surface area contributed by atoms with Gasteiger partial charge in [0.15, 0.2) is 5.96 Å². The number of hydrogen-bond donors (Lipinski definition) is 2. The largest absolute Gasteiger partial charge is 0.386 e. The van der Waals surface area contributed by atoms with Gasteiger partial charge in [-0.2, -0.15) is 0 Å². The number of likely N-dealkylation sites (tertiary alicyclic amines) is 1. The van der Waals surface area contributed by atoms with Crippen molar-refractivity contribution in [2.45, 2.75) is 26.1 Å². The van der Waals surface area contributed by atoms with Crippen molar-refractivity contribution in [1.82, 2.24) is 10.2 Å². The normalized spacial score (nSPS) is 17.5. The minimum atomic E-state index is -0.645. The summed E-state index contributed by atoms with van der Waals surface area (Å²) in [5.41, 5.74) is 2.02. The number of nitrogens with zero attached hydrogens (tertiary/aromatic N) is 2. The van der Waals surface area contributed by atoms with Crippen molar-refractivity contribution in [3.63, 3.8) is 0 Å². The van der Waals surface area contributed by atoms with Gasteiger partial charge in [-0.1, -0.05) is 54.1 Å². The number of nitrogens with one attached hydrogen (secondary N) is 1. The number of hydrogen-bond acceptors (Lipinski definition) is 3. The Hall–Kier alpha value is -1.35. The molecule has 1 heterocycles. The van der Waals surface area contributed by atoms with Gasteiger partial charge in [-0.05, 0) is 36.6 Å². The van der Waals surface area contributed by atoms with Crippen LogP contribution in [0.2, 0.25) is 5.02 Å². The van der Waals surface area contributed by atoms with Gasteiger partial charge in [0, 0.05) is 30.6 Å². The zero-order chi connectivity index (χ0) is 20.5. The summed E-state index contributed by atoms with van der Waals surface area (Å²) in [6.07, 6.45) is 0.437. The summed E-state index contributed by atoms with van der Waals surface area (Å²) in [5, 5.41) is 14.4. The van der Waals surface area contributed by atoms with Gasteiger partial charge in [0.1, 0.15) is 0 Å². The maximum Gasteiger partial charge on any atom is 0.194 e. The lowest BCUT2D eigenvalue weighted by atomic mass is 10.1. The van der Waals surface area contributed by atoms with E-state index in [1.54, 1.807) is 12.1 Å². The van der Waals surface area contributed by atoms with Crippen LogP contribution in [0.1, 0.15) is 30.6 Å². The Bertz CT molecular complexity index is 774. The number of benzene rings is 2. The fourth-order valence-electron chi connectivity index (χ4n) is 3.47. The van der Waals surface area contributed by atoms with Crippen LogP contribution < -0.4 is 5.32 Å². The van der Waals surface area contributed by atoms with Gasteiger partial charge in [0.05, 0.1) is 25.9 Å². The van der Waals surface area contributed by atoms with E-state index in [1.807, 2.05) is 30.3 Å². The van der Waals surface area contributed by atoms with Crippen LogP contribution in [0.25, 0.3) is 0 Å². The van der Waals surface area contributed by atoms with Crippen molar-refractivity contribution < 1.29 is 9.84 Å². The number of ether oxygens (including phenoxy) is 1. The average Bonchev–Trinajstić information content (AvgIpc) is 3.21. The summed E-state index contributed by atoms with van der Waals surface area (Å²) in [6, 6.07) is 17.5. The molecule has 1 aliphatic rings. The molecule has 164 valence electrons. The number of aliphatic hydroxyl groups excluding tert-OH is 1. The van der Waals surface area contributed by atoms with E-state index >= 15 is 0 Å². The van der Waals surface area contributed by atoms with E-state index in [4.69, 9.17) is 16.3 Å². The number of aliphatic imine (C=N–C) groups is 1. The monoisotopic (exact) mass is 543 g/mol. The smallest absolute Gasteiger partial charge is 0.194 e. The zero-order valence-electron chi connectivity index (χ0n) is 17.3. The van der Waals surface area contributed by atoms with E-state index in [-0.39, 0.29) is 24.0 Å². The second kappa shape index (κ2) is 13.1. The summed E-state index contributed by atoms with van der Waals surface area (Å²) in [5.74, 6) is 1.34. The number of rotatable bonds is 8. The van der Waals surface area contributed by atoms with Crippen molar-refractivity contribution in [1.29, 1.82) is 0 Å². The summed E-state index contributed by atoms with van der Waals surface area (Å²) >= 11 is 5.92. The molecule has 2 atom stereocenters. The van der Waals surface area contributed by atoms with Gasteiger partial charge in [-0.3, -0.25) is 4.99 Å². The maximum atomic E-state index is 10.4. The van der Waals surface area contributed by atoms with Crippen LogP contribution in [0, 0.1) is 5.92 Å². The van der Waals surface area contributed by atoms with Gasteiger partial charge < -0.3 is 20.1 Å². The Kier molecular flexibility index (Phi) is 10.9. The van der Waals surface area contributed by atoms with Gasteiger partial charge in [0.2, 0.25) is 0 Å². The van der Waals surface area contributed by atoms with Crippen LogP contribution in [0.4, 0.5) is 0 Å². The molecule has 5 nitrogen and oxygen atoms in total. The van der Waals surface area contributed by atoms with Gasteiger partial charge in [-0.15, -0.1) is 24.0 Å². The molecule has 3 rings (SSSR count). The summed E-state index contributed by atoms with van der Waals surface area (Å²) in [6.45, 7) is 6.43. The third kappa shape index (κ3) is 7.72. The van der Waals surface area contributed by atoms with E-state index in [1.165, 1.54) is 5.56 Å². The molecule has 0 radical (unpaired) electrons. The average molecular weight is 544 g/mol. The van der Waals surface area contributed by atoms with Crippen LogP contribution in [-0.4, -0.2) is 48.8 Å². The molecule has 2 aromatic rings. The quantitative estimate of drug-likeness (QED) is 0.293. The SMILES string of the molecule is CCNC(=NCC(O)c1ccc(Cl)cc1)N1CCC(COCc2ccccc2)C1.I. The Labute approximate surface area is 201 Å². The lowest BCUT2D eigenvalue weighted by Crippen LogP contribution is -2.40. The van der Waals surface area contributed by atoms with Crippen LogP contribution in [-0.2, 0) is 11.3 Å². The molecule has 0 bridgehead atoms. The third-order valence-corrected chi connectivity index (χ3v) is 5.31. The van der Waals surface area contributed by atoms with Gasteiger partial charge >= 0.3 is 0 Å². The topological polar surface area (TPSA) is 57.1 Å². The lowest BCUT2D eigenvalue weighted by molar-refractivity contribution is 0.0906. The first-order valence-corrected chi connectivity index (χ1v) is 10.6. The number of guanidine groups is 1. The molecule has 1 aliphatic heterocycles. The maximum absolute atomic E-state index is 10.4. The summed E-state index contributed by atoms with van der Waals surface area (Å²) in [4.78, 5) is 6.92. The Balaban J connectivity index is 0.00000320. The highest BCUT2D eigenvalue weighted by Crippen LogP contribution is 2.19. The zero-order valence-corrected chi connectivity index (χ0v) is 20.4. The third-order valence-electron chi connectivity index (χ3n) is 5.05. The molecule has 0 aliphatic carbocycles. The molecule has 0 saturated carbocycles. The second-order valence-corrected chi connectivity index (χ2v) is 7.80. The molecule has 1 fully saturated rings. The molecular formula is C23H31ClIN3O2. The van der Waals surface area contributed by atoms with E-state index in [9.17, 15) is 5.11 Å². The van der Waals surface area contributed by atoms with E-state index in [0.717, 1.165) is 44.2 Å². The highest BCUT2D eigenvalue weighted by molar-refractivity contribution is 14.0. The number of aliphatic hydroxyl groups is 1. The van der Waals surface area contributed by atoms with Crippen molar-refractivity contribution in [3.05, 3.63) is 70.7 Å². The molecule has 1 saturated heterocycles. The fraction of sp³-hybridized carbons (Fsp3) is 0.435. The first-order valence-electron chi connectivity index (χ1n) is 10.2. The predicted octanol–water partition coefficient (Wildman–Crippen LogP) is 4.50. The van der Waals surface area contributed by atoms with Crippen LogP contribution in [0.3, 0.4) is 0 Å². The van der Waals surface area contributed by atoms with Crippen LogP contribution in [0.5, 0.6) is 0 Å². The van der Waals surface area contributed by atoms with Crippen molar-refractivity contribution in [2.75, 3.05) is 32.8 Å². The van der Waals surface area contributed by atoms with E-state index < -0.39 is 6.10 Å². The first-order chi connectivity index (χ1) is 14.2. The second-order valence-electron chi connectivity index (χ2n) is 7.36. The standard InChI is InChI=1S/C23H30ClN3O2.HI/c1-2-25-23(26-14-22(28)20-8-10-21(24)11-9-20)27-13-12-19(15-27)17-29-16-18-6-4-3-5-7-18;/h3-11,19,22,28H,2,12-17H2,1H3,(H,25,26);1H. The van der Waals surface area contributed by atoms with E-state index in [0.29, 0.717) is 24.1 Å². The Morgan fingerprint density at radius 3 is 2.67 bits per heavy atom. The Morgan fingerprint density at radius 2 is 1.97 bits per heavy atom. The molecule has 2 N–H and O–H groups in total. The minimum absolute atomic E-state index is 0. The molecule has 30 heavy (non-hydrogen) atoms. The van der Waals surface area contributed by atoms with Crippen LogP contribution >= 0.6 is 35.6 Å². The summed E-state index contributed by atoms with van der Waals surface area (Å²) in [7, 11) is 0. The first kappa shape index (κ1) is 24.9. The molecule has 2 unspecified atom stereocenters. The van der Waals surface area contributed by atoms with Crippen molar-refractivity contribution in [2.24, 2.45) is 10.9 Å². The molecule has 0 amide bonds. The molecule has 2 aromatic carbocycles. The highest BCUT2D eigenvalue weighted by Gasteiger charge is 2.25. The Morgan fingerprint density at radius 1 is 1.23 bits per heavy atom. The van der Waals surface area contributed by atoms with Crippen molar-refractivity contribution >= 4 is 41.5 Å². The highest BCUT2D eigenvalue weighted by atomic mass is 127. The van der Waals surface area contributed by atoms with Gasteiger partial charge in [0.25, 0.3) is 0 Å².